The van der Waals surface area contributed by atoms with Crippen LogP contribution in [0.25, 0.3) is 0 Å². The van der Waals surface area contributed by atoms with Crippen molar-refractivity contribution in [3.05, 3.63) is 18.0 Å². The van der Waals surface area contributed by atoms with Gasteiger partial charge in [-0.2, -0.15) is 5.10 Å². The molecule has 114 valence electrons. The molecule has 2 rings (SSSR count). The molecular formula is C16H30N4. The summed E-state index contributed by atoms with van der Waals surface area (Å²) in [6.07, 6.45) is 8.29. The van der Waals surface area contributed by atoms with Crippen LogP contribution >= 0.6 is 0 Å². The Morgan fingerprint density at radius 3 is 2.80 bits per heavy atom. The van der Waals surface area contributed by atoms with Crippen molar-refractivity contribution in [3.8, 4) is 0 Å². The van der Waals surface area contributed by atoms with Crippen molar-refractivity contribution in [2.45, 2.75) is 58.7 Å². The van der Waals surface area contributed by atoms with Gasteiger partial charge >= 0.3 is 0 Å². The van der Waals surface area contributed by atoms with E-state index in [1.807, 2.05) is 0 Å². The van der Waals surface area contributed by atoms with E-state index in [1.54, 1.807) is 0 Å². The second kappa shape index (κ2) is 7.23. The van der Waals surface area contributed by atoms with E-state index in [0.717, 1.165) is 13.1 Å². The normalized spacial score (nSPS) is 25.1. The van der Waals surface area contributed by atoms with Gasteiger partial charge in [0.25, 0.3) is 0 Å². The van der Waals surface area contributed by atoms with Gasteiger partial charge in [0.2, 0.25) is 0 Å². The zero-order chi connectivity index (χ0) is 14.5. The van der Waals surface area contributed by atoms with Crippen LogP contribution < -0.4 is 5.32 Å². The fourth-order valence-corrected chi connectivity index (χ4v) is 3.49. The van der Waals surface area contributed by atoms with Gasteiger partial charge < -0.3 is 5.32 Å². The smallest absolute Gasteiger partial charge is 0.0537 e. The average molecular weight is 278 g/mol. The summed E-state index contributed by atoms with van der Waals surface area (Å²) in [5.74, 6) is 0.680. The van der Waals surface area contributed by atoms with Crippen LogP contribution in [0.5, 0.6) is 0 Å². The predicted molar refractivity (Wildman–Crippen MR) is 83.8 cm³/mol. The summed E-state index contributed by atoms with van der Waals surface area (Å²) < 4.78 is 2.05. The minimum Gasteiger partial charge on any atom is -0.319 e. The summed E-state index contributed by atoms with van der Waals surface area (Å²) in [7, 11) is 2.07. The van der Waals surface area contributed by atoms with Gasteiger partial charge in [0, 0.05) is 30.4 Å². The number of rotatable bonds is 5. The van der Waals surface area contributed by atoms with E-state index in [1.165, 1.54) is 31.4 Å². The van der Waals surface area contributed by atoms with Crippen LogP contribution in [-0.2, 0) is 6.54 Å². The van der Waals surface area contributed by atoms with Crippen molar-refractivity contribution in [3.63, 3.8) is 0 Å². The third-order valence-electron chi connectivity index (χ3n) is 4.49. The topological polar surface area (TPSA) is 33.1 Å². The van der Waals surface area contributed by atoms with E-state index in [4.69, 9.17) is 0 Å². The van der Waals surface area contributed by atoms with Gasteiger partial charge in [-0.15, -0.1) is 0 Å². The molecule has 0 aliphatic carbocycles. The first-order valence-electron chi connectivity index (χ1n) is 8.10. The molecule has 4 nitrogen and oxygen atoms in total. The Bertz CT molecular complexity index is 399. The van der Waals surface area contributed by atoms with Gasteiger partial charge in [-0.05, 0) is 59.7 Å². The molecule has 0 spiro atoms. The lowest BCUT2D eigenvalue weighted by molar-refractivity contribution is 0.118. The van der Waals surface area contributed by atoms with Crippen molar-refractivity contribution in [2.24, 2.45) is 5.92 Å². The van der Waals surface area contributed by atoms with E-state index in [9.17, 15) is 0 Å². The molecule has 1 saturated heterocycles. The number of nitrogens with zero attached hydrogens (tertiary/aromatic N) is 3. The van der Waals surface area contributed by atoms with E-state index in [0.29, 0.717) is 18.0 Å². The molecule has 1 aromatic rings. The lowest BCUT2D eigenvalue weighted by atomic mass is 9.90. The highest BCUT2D eigenvalue weighted by molar-refractivity contribution is 5.13. The third-order valence-corrected chi connectivity index (χ3v) is 4.49. The maximum Gasteiger partial charge on any atom is 0.0537 e. The monoisotopic (exact) mass is 278 g/mol. The van der Waals surface area contributed by atoms with Crippen LogP contribution in [0.1, 0.15) is 51.6 Å². The molecular weight excluding hydrogens is 248 g/mol. The Morgan fingerprint density at radius 2 is 2.20 bits per heavy atom. The van der Waals surface area contributed by atoms with Crippen LogP contribution in [0.15, 0.2) is 12.4 Å². The molecule has 4 heteroatoms. The lowest BCUT2D eigenvalue weighted by Crippen LogP contribution is -2.40. The molecule has 1 fully saturated rings. The van der Waals surface area contributed by atoms with E-state index in [-0.39, 0.29) is 0 Å². The van der Waals surface area contributed by atoms with Gasteiger partial charge in [0.05, 0.1) is 6.20 Å². The quantitative estimate of drug-likeness (QED) is 0.899. The van der Waals surface area contributed by atoms with Crippen LogP contribution in [0.4, 0.5) is 0 Å². The van der Waals surface area contributed by atoms with Gasteiger partial charge in [0.1, 0.15) is 0 Å². The molecule has 1 aliphatic heterocycles. The first-order valence-corrected chi connectivity index (χ1v) is 8.10. The Hall–Kier alpha value is -0.870. The largest absolute Gasteiger partial charge is 0.319 e. The Labute approximate surface area is 123 Å². The van der Waals surface area contributed by atoms with Crippen molar-refractivity contribution < 1.29 is 0 Å². The van der Waals surface area contributed by atoms with Crippen LogP contribution in [0, 0.1) is 5.92 Å². The van der Waals surface area contributed by atoms with Crippen molar-refractivity contribution >= 4 is 0 Å². The number of nitrogens with one attached hydrogen (secondary N) is 1. The molecule has 0 bridgehead atoms. The lowest BCUT2D eigenvalue weighted by Gasteiger charge is -2.37. The van der Waals surface area contributed by atoms with Gasteiger partial charge in [-0.25, -0.2) is 0 Å². The summed E-state index contributed by atoms with van der Waals surface area (Å²) in [6, 6.07) is 1.09. The van der Waals surface area contributed by atoms with Gasteiger partial charge in [-0.3, -0.25) is 9.58 Å². The number of hydrogen-bond donors (Lipinski definition) is 1. The number of likely N-dealkylation sites (tertiary alicyclic amines) is 1. The SMILES string of the molecule is CCn1cc(C2C(CNC)CCCCN2C(C)C)cn1. The molecule has 2 atom stereocenters. The molecule has 20 heavy (non-hydrogen) atoms. The molecule has 1 aliphatic rings. The van der Waals surface area contributed by atoms with Crippen LogP contribution in [0.3, 0.4) is 0 Å². The number of aromatic nitrogens is 2. The zero-order valence-corrected chi connectivity index (χ0v) is 13.5. The highest BCUT2D eigenvalue weighted by atomic mass is 15.3. The molecule has 0 radical (unpaired) electrons. The Morgan fingerprint density at radius 1 is 1.40 bits per heavy atom. The fourth-order valence-electron chi connectivity index (χ4n) is 3.49. The summed E-state index contributed by atoms with van der Waals surface area (Å²) in [5.41, 5.74) is 1.39. The van der Waals surface area contributed by atoms with Crippen molar-refractivity contribution in [2.75, 3.05) is 20.1 Å². The fraction of sp³-hybridized carbons (Fsp3) is 0.812. The maximum atomic E-state index is 4.50. The molecule has 1 aromatic heterocycles. The van der Waals surface area contributed by atoms with E-state index < -0.39 is 0 Å². The van der Waals surface area contributed by atoms with Crippen molar-refractivity contribution in [1.29, 1.82) is 0 Å². The molecule has 2 heterocycles. The highest BCUT2D eigenvalue weighted by Gasteiger charge is 2.32. The first-order chi connectivity index (χ1) is 9.67. The summed E-state index contributed by atoms with van der Waals surface area (Å²) >= 11 is 0. The average Bonchev–Trinajstić information content (AvgIpc) is 2.80. The number of aryl methyl sites for hydroxylation is 1. The van der Waals surface area contributed by atoms with Crippen LogP contribution in [0.2, 0.25) is 0 Å². The number of hydrogen-bond acceptors (Lipinski definition) is 3. The maximum absolute atomic E-state index is 4.50. The van der Waals surface area contributed by atoms with E-state index >= 15 is 0 Å². The summed E-state index contributed by atoms with van der Waals surface area (Å²) in [6.45, 7) is 10.0. The van der Waals surface area contributed by atoms with Gasteiger partial charge in [0.15, 0.2) is 0 Å². The Balaban J connectivity index is 2.30. The summed E-state index contributed by atoms with van der Waals surface area (Å²) in [4.78, 5) is 2.67. The van der Waals surface area contributed by atoms with Crippen molar-refractivity contribution in [1.82, 2.24) is 20.0 Å². The zero-order valence-electron chi connectivity index (χ0n) is 13.5. The predicted octanol–water partition coefficient (Wildman–Crippen LogP) is 2.67. The molecule has 0 aromatic carbocycles. The third kappa shape index (κ3) is 3.41. The molecule has 0 saturated carbocycles. The molecule has 0 amide bonds. The summed E-state index contributed by atoms with van der Waals surface area (Å²) in [5, 5.41) is 7.89. The standard InChI is InChI=1S/C16H30N4/c1-5-19-12-15(11-18-19)16-14(10-17-4)8-6-7-9-20(16)13(2)3/h11-14,16-17H,5-10H2,1-4H3. The highest BCUT2D eigenvalue weighted by Crippen LogP contribution is 2.36. The van der Waals surface area contributed by atoms with E-state index in [2.05, 4.69) is 60.2 Å². The van der Waals surface area contributed by atoms with Crippen LogP contribution in [-0.4, -0.2) is 40.9 Å². The Kier molecular flexibility index (Phi) is 5.61. The second-order valence-corrected chi connectivity index (χ2v) is 6.22. The second-order valence-electron chi connectivity index (χ2n) is 6.22. The molecule has 2 unspecified atom stereocenters. The van der Waals surface area contributed by atoms with Gasteiger partial charge in [-0.1, -0.05) is 6.42 Å². The first kappa shape index (κ1) is 15.5. The molecule has 1 N–H and O–H groups in total. The minimum absolute atomic E-state index is 0.505. The minimum atomic E-state index is 0.505.